The van der Waals surface area contributed by atoms with Crippen molar-refractivity contribution in [2.45, 2.75) is 17.7 Å². The molecule has 0 aliphatic rings. The van der Waals surface area contributed by atoms with E-state index < -0.39 is 9.84 Å². The molecule has 4 rings (SSSR count). The number of carbonyl (C=O) groups is 1. The van der Waals surface area contributed by atoms with Crippen LogP contribution < -0.4 is 5.32 Å². The predicted molar refractivity (Wildman–Crippen MR) is 126 cm³/mol. The summed E-state index contributed by atoms with van der Waals surface area (Å²) >= 11 is 7.46. The molecule has 0 saturated carbocycles. The summed E-state index contributed by atoms with van der Waals surface area (Å²) in [5.41, 5.74) is 2.71. The van der Waals surface area contributed by atoms with Crippen LogP contribution in [-0.2, 0) is 21.1 Å². The van der Waals surface area contributed by atoms with Crippen LogP contribution in [0.15, 0.2) is 77.7 Å². The minimum Gasteiger partial charge on any atom is -0.326 e. The predicted octanol–water partition coefficient (Wildman–Crippen LogP) is 5.34. The van der Waals surface area contributed by atoms with Gasteiger partial charge < -0.3 is 5.32 Å². The van der Waals surface area contributed by atoms with E-state index in [0.717, 1.165) is 20.8 Å². The average molecular weight is 471 g/mol. The van der Waals surface area contributed by atoms with Crippen LogP contribution in [0.3, 0.4) is 0 Å². The van der Waals surface area contributed by atoms with Crippen molar-refractivity contribution in [1.82, 2.24) is 4.98 Å². The molecule has 1 N–H and O–H groups in total. The van der Waals surface area contributed by atoms with Crippen molar-refractivity contribution in [3.8, 4) is 0 Å². The summed E-state index contributed by atoms with van der Waals surface area (Å²) in [4.78, 5) is 17.0. The third-order valence-electron chi connectivity index (χ3n) is 4.70. The summed E-state index contributed by atoms with van der Waals surface area (Å²) in [6.45, 7) is 0. The molecule has 1 heterocycles. The van der Waals surface area contributed by atoms with Gasteiger partial charge in [0, 0.05) is 23.6 Å². The molecule has 0 aliphatic heterocycles. The highest BCUT2D eigenvalue weighted by Gasteiger charge is 2.16. The number of para-hydroxylation sites is 1. The van der Waals surface area contributed by atoms with E-state index in [1.54, 1.807) is 11.3 Å². The molecule has 3 aromatic carbocycles. The molecule has 0 saturated heterocycles. The van der Waals surface area contributed by atoms with Crippen LogP contribution in [-0.4, -0.2) is 25.1 Å². The number of thiazole rings is 1. The second kappa shape index (κ2) is 9.18. The summed E-state index contributed by atoms with van der Waals surface area (Å²) in [5.74, 6) is -0.618. The van der Waals surface area contributed by atoms with Gasteiger partial charge >= 0.3 is 0 Å². The number of carbonyl (C=O) groups excluding carboxylic acids is 1. The molecular formula is C23H19ClN2O3S2. The number of anilines is 1. The molecule has 0 spiro atoms. The van der Waals surface area contributed by atoms with E-state index in [1.807, 2.05) is 42.5 Å². The monoisotopic (exact) mass is 470 g/mol. The number of sulfone groups is 1. The van der Waals surface area contributed by atoms with Gasteiger partial charge in [0.05, 0.1) is 25.9 Å². The Labute approximate surface area is 189 Å². The van der Waals surface area contributed by atoms with E-state index in [4.69, 9.17) is 11.6 Å². The first-order valence-corrected chi connectivity index (χ1v) is 12.5. The zero-order valence-electron chi connectivity index (χ0n) is 16.4. The Balaban J connectivity index is 1.33. The van der Waals surface area contributed by atoms with Crippen molar-refractivity contribution in [2.75, 3.05) is 11.1 Å². The number of hydrogen-bond acceptors (Lipinski definition) is 5. The molecule has 1 amide bonds. The smallest absolute Gasteiger partial charge is 0.225 e. The Morgan fingerprint density at radius 3 is 2.39 bits per heavy atom. The van der Waals surface area contributed by atoms with E-state index >= 15 is 0 Å². The number of amides is 1. The number of halogens is 1. The van der Waals surface area contributed by atoms with E-state index in [0.29, 0.717) is 17.1 Å². The first-order chi connectivity index (χ1) is 14.9. The number of nitrogens with zero attached hydrogens (tertiary/aromatic N) is 1. The maximum atomic E-state index is 12.4. The second-order valence-electron chi connectivity index (χ2n) is 7.02. The van der Waals surface area contributed by atoms with Gasteiger partial charge in [-0.3, -0.25) is 4.79 Å². The van der Waals surface area contributed by atoms with E-state index in [9.17, 15) is 13.2 Å². The van der Waals surface area contributed by atoms with Gasteiger partial charge in [-0.15, -0.1) is 11.3 Å². The molecule has 4 aromatic rings. The van der Waals surface area contributed by atoms with E-state index in [2.05, 4.69) is 16.4 Å². The molecule has 31 heavy (non-hydrogen) atoms. The topological polar surface area (TPSA) is 76.1 Å². The maximum Gasteiger partial charge on any atom is 0.225 e. The van der Waals surface area contributed by atoms with Gasteiger partial charge in [-0.2, -0.15) is 0 Å². The minimum atomic E-state index is -3.54. The second-order valence-corrected chi connectivity index (χ2v) is 10.7. The molecule has 0 fully saturated rings. The van der Waals surface area contributed by atoms with Crippen molar-refractivity contribution in [2.24, 2.45) is 0 Å². The first kappa shape index (κ1) is 21.5. The van der Waals surface area contributed by atoms with Gasteiger partial charge in [0.25, 0.3) is 0 Å². The van der Waals surface area contributed by atoms with Crippen LogP contribution in [0.1, 0.15) is 17.0 Å². The van der Waals surface area contributed by atoms with Crippen molar-refractivity contribution < 1.29 is 13.2 Å². The van der Waals surface area contributed by atoms with Crippen molar-refractivity contribution in [3.63, 3.8) is 0 Å². The highest BCUT2D eigenvalue weighted by atomic mass is 35.5. The molecule has 0 radical (unpaired) electrons. The number of rotatable bonds is 7. The van der Waals surface area contributed by atoms with Gasteiger partial charge in [0.2, 0.25) is 5.91 Å². The third-order valence-corrected chi connectivity index (χ3v) is 7.72. The molecule has 8 heteroatoms. The molecule has 158 valence electrons. The number of aromatic nitrogens is 1. The van der Waals surface area contributed by atoms with Gasteiger partial charge in [-0.25, -0.2) is 13.4 Å². The number of nitrogens with one attached hydrogen (secondary N) is 1. The summed E-state index contributed by atoms with van der Waals surface area (Å²) in [5, 5.41) is 4.24. The molecule has 0 atom stereocenters. The Kier molecular flexibility index (Phi) is 6.36. The summed E-state index contributed by atoms with van der Waals surface area (Å²) < 4.78 is 25.9. The van der Waals surface area contributed by atoms with E-state index in [-0.39, 0.29) is 23.0 Å². The van der Waals surface area contributed by atoms with Crippen LogP contribution in [0, 0.1) is 0 Å². The van der Waals surface area contributed by atoms with E-state index in [1.165, 1.54) is 24.3 Å². The lowest BCUT2D eigenvalue weighted by molar-refractivity contribution is -0.115. The standard InChI is InChI=1S/C23H19ClN2O3S2/c24-17-7-11-19(12-8-17)31(28,29)14-13-22(27)25-18-9-5-16(6-10-18)15-23-26-20-3-1-2-4-21(20)30-23/h1-12H,13-15H2,(H,25,27). The Morgan fingerprint density at radius 1 is 0.968 bits per heavy atom. The first-order valence-electron chi connectivity index (χ1n) is 9.61. The zero-order chi connectivity index (χ0) is 21.8. The Hall–Kier alpha value is -2.74. The molecule has 0 aliphatic carbocycles. The van der Waals surface area contributed by atoms with Crippen LogP contribution in [0.5, 0.6) is 0 Å². The van der Waals surface area contributed by atoms with Crippen molar-refractivity contribution in [1.29, 1.82) is 0 Å². The van der Waals surface area contributed by atoms with Crippen molar-refractivity contribution >= 4 is 54.6 Å². The van der Waals surface area contributed by atoms with Crippen LogP contribution >= 0.6 is 22.9 Å². The fraction of sp³-hybridized carbons (Fsp3) is 0.130. The van der Waals surface area contributed by atoms with Crippen LogP contribution in [0.25, 0.3) is 10.2 Å². The average Bonchev–Trinajstić information content (AvgIpc) is 3.16. The summed E-state index contributed by atoms with van der Waals surface area (Å²) in [7, 11) is -3.54. The Morgan fingerprint density at radius 2 is 1.68 bits per heavy atom. The highest BCUT2D eigenvalue weighted by Crippen LogP contribution is 2.24. The Bertz CT molecular complexity index is 1280. The maximum absolute atomic E-state index is 12.4. The number of hydrogen-bond donors (Lipinski definition) is 1. The summed E-state index contributed by atoms with van der Waals surface area (Å²) in [6.07, 6.45) is 0.589. The SMILES string of the molecule is O=C(CCS(=O)(=O)c1ccc(Cl)cc1)Nc1ccc(Cc2nc3ccccc3s2)cc1. The van der Waals surface area contributed by atoms with Crippen molar-refractivity contribution in [3.05, 3.63) is 88.4 Å². The fourth-order valence-electron chi connectivity index (χ4n) is 3.09. The molecule has 1 aromatic heterocycles. The molecular weight excluding hydrogens is 452 g/mol. The minimum absolute atomic E-state index is 0.127. The zero-order valence-corrected chi connectivity index (χ0v) is 18.8. The third kappa shape index (κ3) is 5.50. The lowest BCUT2D eigenvalue weighted by Gasteiger charge is -2.07. The van der Waals surface area contributed by atoms with Crippen LogP contribution in [0.4, 0.5) is 5.69 Å². The molecule has 5 nitrogen and oxygen atoms in total. The highest BCUT2D eigenvalue weighted by molar-refractivity contribution is 7.91. The molecule has 0 bridgehead atoms. The fourth-order valence-corrected chi connectivity index (χ4v) is 5.45. The van der Waals surface area contributed by atoms with Crippen LogP contribution in [0.2, 0.25) is 5.02 Å². The normalized spacial score (nSPS) is 11.5. The summed E-state index contributed by atoms with van der Waals surface area (Å²) in [6, 6.07) is 21.5. The van der Waals surface area contributed by atoms with Gasteiger partial charge in [-0.1, -0.05) is 35.9 Å². The van der Waals surface area contributed by atoms with Gasteiger partial charge in [-0.05, 0) is 54.1 Å². The number of fused-ring (bicyclic) bond motifs is 1. The quantitative estimate of drug-likeness (QED) is 0.395. The number of benzene rings is 3. The lowest BCUT2D eigenvalue weighted by atomic mass is 10.1. The largest absolute Gasteiger partial charge is 0.326 e. The van der Waals surface area contributed by atoms with Gasteiger partial charge in [0.15, 0.2) is 9.84 Å². The molecule has 0 unspecified atom stereocenters. The lowest BCUT2D eigenvalue weighted by Crippen LogP contribution is -2.17. The van der Waals surface area contributed by atoms with Gasteiger partial charge in [0.1, 0.15) is 0 Å².